The third-order valence-corrected chi connectivity index (χ3v) is 2.22. The second-order valence-electron chi connectivity index (χ2n) is 3.29. The average molecular weight is 243 g/mol. The predicted octanol–water partition coefficient (Wildman–Crippen LogP) is 1.64. The van der Waals surface area contributed by atoms with Gasteiger partial charge in [-0.25, -0.2) is 0 Å². The Morgan fingerprint density at radius 2 is 2.12 bits per heavy atom. The second kappa shape index (κ2) is 4.85. The predicted molar refractivity (Wildman–Crippen MR) is 61.5 cm³/mol. The Labute approximate surface area is 97.2 Å². The maximum absolute atomic E-state index is 11.2. The molecule has 86 valence electrons. The molecular weight excluding hydrogens is 232 g/mol. The molecule has 5 nitrogen and oxygen atoms in total. The number of carbonyl (C=O) groups is 2. The Bertz CT molecular complexity index is 446. The highest BCUT2D eigenvalue weighted by atomic mass is 35.5. The van der Waals surface area contributed by atoms with Gasteiger partial charge in [0.15, 0.2) is 0 Å². The molecule has 0 saturated heterocycles. The van der Waals surface area contributed by atoms with Crippen LogP contribution in [0.1, 0.15) is 12.0 Å². The van der Waals surface area contributed by atoms with E-state index in [0.29, 0.717) is 22.0 Å². The number of rotatable bonds is 3. The Hall–Kier alpha value is -1.75. The van der Waals surface area contributed by atoms with Gasteiger partial charge in [-0.05, 0) is 24.6 Å². The van der Waals surface area contributed by atoms with Gasteiger partial charge in [0.25, 0.3) is 0 Å². The fraction of sp³-hybridized carbons (Fsp3) is 0.200. The number of carboxylic acids is 1. The van der Waals surface area contributed by atoms with Crippen LogP contribution in [0.15, 0.2) is 12.1 Å². The lowest BCUT2D eigenvalue weighted by Gasteiger charge is -2.10. The molecule has 0 aromatic heterocycles. The molecule has 0 bridgehead atoms. The van der Waals surface area contributed by atoms with Crippen molar-refractivity contribution in [3.05, 3.63) is 22.7 Å². The number of nitrogen functional groups attached to an aromatic ring is 1. The molecule has 16 heavy (non-hydrogen) atoms. The summed E-state index contributed by atoms with van der Waals surface area (Å²) in [6.45, 7) is 1.71. The molecule has 6 heteroatoms. The van der Waals surface area contributed by atoms with Crippen LogP contribution in [0.3, 0.4) is 0 Å². The second-order valence-corrected chi connectivity index (χ2v) is 3.72. The molecule has 1 rings (SSSR count). The normalized spacial score (nSPS) is 9.88. The zero-order chi connectivity index (χ0) is 12.3. The molecule has 0 saturated carbocycles. The largest absolute Gasteiger partial charge is 0.481 e. The number of aliphatic carboxylic acids is 1. The highest BCUT2D eigenvalue weighted by molar-refractivity contribution is 6.31. The van der Waals surface area contributed by atoms with Gasteiger partial charge in [-0.3, -0.25) is 9.59 Å². The fourth-order valence-corrected chi connectivity index (χ4v) is 1.39. The Morgan fingerprint density at radius 3 is 2.69 bits per heavy atom. The van der Waals surface area contributed by atoms with Crippen LogP contribution in [0, 0.1) is 6.92 Å². The van der Waals surface area contributed by atoms with Crippen LogP contribution in [0.4, 0.5) is 11.4 Å². The van der Waals surface area contributed by atoms with Gasteiger partial charge in [0, 0.05) is 16.4 Å². The molecule has 0 heterocycles. The summed E-state index contributed by atoms with van der Waals surface area (Å²) in [5.74, 6) is -1.80. The third kappa shape index (κ3) is 3.13. The van der Waals surface area contributed by atoms with Crippen molar-refractivity contribution in [2.24, 2.45) is 0 Å². The molecule has 4 N–H and O–H groups in total. The first kappa shape index (κ1) is 12.3. The third-order valence-electron chi connectivity index (χ3n) is 2.00. The van der Waals surface area contributed by atoms with Crippen LogP contribution in [-0.2, 0) is 9.59 Å². The lowest BCUT2D eigenvalue weighted by molar-refractivity contribution is -0.139. The van der Waals surface area contributed by atoms with Crippen LogP contribution in [0.25, 0.3) is 0 Å². The average Bonchev–Trinajstić information content (AvgIpc) is 2.11. The van der Waals surface area contributed by atoms with Crippen LogP contribution in [0.2, 0.25) is 5.02 Å². The summed E-state index contributed by atoms with van der Waals surface area (Å²) < 4.78 is 0. The number of carboxylic acid groups (broad SMARTS) is 1. The van der Waals surface area contributed by atoms with E-state index < -0.39 is 18.3 Å². The molecule has 1 aromatic carbocycles. The molecular formula is C10H11ClN2O3. The molecule has 0 aliphatic carbocycles. The van der Waals surface area contributed by atoms with Crippen LogP contribution >= 0.6 is 11.6 Å². The number of hydrogen-bond acceptors (Lipinski definition) is 3. The molecule has 0 atom stereocenters. The van der Waals surface area contributed by atoms with E-state index in [0.717, 1.165) is 0 Å². The van der Waals surface area contributed by atoms with Gasteiger partial charge in [-0.1, -0.05) is 11.6 Å². The van der Waals surface area contributed by atoms with E-state index >= 15 is 0 Å². The highest BCUT2D eigenvalue weighted by Crippen LogP contribution is 2.26. The van der Waals surface area contributed by atoms with Gasteiger partial charge in [-0.2, -0.15) is 0 Å². The Balaban J connectivity index is 2.89. The molecule has 0 unspecified atom stereocenters. The number of halogens is 1. The van der Waals surface area contributed by atoms with E-state index in [9.17, 15) is 9.59 Å². The van der Waals surface area contributed by atoms with Crippen molar-refractivity contribution in [1.29, 1.82) is 0 Å². The standard InChI is InChI=1S/C10H11ClN2O3/c1-5-7(12)2-6(11)3-8(5)13-9(14)4-10(15)16/h2-3H,4,12H2,1H3,(H,13,14)(H,15,16). The summed E-state index contributed by atoms with van der Waals surface area (Å²) in [6.07, 6.45) is -0.591. The zero-order valence-corrected chi connectivity index (χ0v) is 9.34. The Morgan fingerprint density at radius 1 is 1.50 bits per heavy atom. The van der Waals surface area contributed by atoms with Gasteiger partial charge in [0.05, 0.1) is 0 Å². The van der Waals surface area contributed by atoms with Crippen molar-refractivity contribution in [3.8, 4) is 0 Å². The van der Waals surface area contributed by atoms with Crippen molar-refractivity contribution < 1.29 is 14.7 Å². The highest BCUT2D eigenvalue weighted by Gasteiger charge is 2.11. The summed E-state index contributed by atoms with van der Waals surface area (Å²) in [5.41, 5.74) is 7.17. The number of nitrogens with one attached hydrogen (secondary N) is 1. The van der Waals surface area contributed by atoms with E-state index in [-0.39, 0.29) is 0 Å². The van der Waals surface area contributed by atoms with Crippen molar-refractivity contribution in [2.75, 3.05) is 11.1 Å². The van der Waals surface area contributed by atoms with Gasteiger partial charge in [-0.15, -0.1) is 0 Å². The minimum atomic E-state index is -1.19. The fourth-order valence-electron chi connectivity index (χ4n) is 1.16. The molecule has 0 aliphatic rings. The first-order valence-corrected chi connectivity index (χ1v) is 4.85. The van der Waals surface area contributed by atoms with Crippen molar-refractivity contribution >= 4 is 34.9 Å². The maximum atomic E-state index is 11.2. The molecule has 1 amide bonds. The summed E-state index contributed by atoms with van der Waals surface area (Å²) in [7, 11) is 0. The molecule has 0 aliphatic heterocycles. The molecule has 0 fully saturated rings. The summed E-state index contributed by atoms with van der Waals surface area (Å²) in [4.78, 5) is 21.5. The zero-order valence-electron chi connectivity index (χ0n) is 8.58. The number of carbonyl (C=O) groups excluding carboxylic acids is 1. The molecule has 0 spiro atoms. The lowest BCUT2D eigenvalue weighted by atomic mass is 10.1. The molecule has 0 radical (unpaired) electrons. The van der Waals surface area contributed by atoms with E-state index in [1.165, 1.54) is 6.07 Å². The van der Waals surface area contributed by atoms with E-state index in [1.807, 2.05) is 0 Å². The topological polar surface area (TPSA) is 92.4 Å². The summed E-state index contributed by atoms with van der Waals surface area (Å²) in [6, 6.07) is 3.08. The molecule has 1 aromatic rings. The van der Waals surface area contributed by atoms with Crippen LogP contribution < -0.4 is 11.1 Å². The number of anilines is 2. The Kier molecular flexibility index (Phi) is 3.73. The van der Waals surface area contributed by atoms with Crippen molar-refractivity contribution in [2.45, 2.75) is 13.3 Å². The van der Waals surface area contributed by atoms with Gasteiger partial charge >= 0.3 is 5.97 Å². The van der Waals surface area contributed by atoms with E-state index in [1.54, 1.807) is 13.0 Å². The van der Waals surface area contributed by atoms with Crippen LogP contribution in [0.5, 0.6) is 0 Å². The van der Waals surface area contributed by atoms with Crippen LogP contribution in [-0.4, -0.2) is 17.0 Å². The van der Waals surface area contributed by atoms with Gasteiger partial charge < -0.3 is 16.2 Å². The minimum Gasteiger partial charge on any atom is -0.481 e. The minimum absolute atomic E-state index is 0.383. The first-order chi connectivity index (χ1) is 7.40. The number of benzene rings is 1. The van der Waals surface area contributed by atoms with Crippen molar-refractivity contribution in [3.63, 3.8) is 0 Å². The monoisotopic (exact) mass is 242 g/mol. The first-order valence-electron chi connectivity index (χ1n) is 4.47. The van der Waals surface area contributed by atoms with E-state index in [2.05, 4.69) is 5.32 Å². The number of hydrogen-bond donors (Lipinski definition) is 3. The quantitative estimate of drug-likeness (QED) is 0.555. The number of amides is 1. The van der Waals surface area contributed by atoms with Gasteiger partial charge in [0.1, 0.15) is 6.42 Å². The van der Waals surface area contributed by atoms with Crippen molar-refractivity contribution in [1.82, 2.24) is 0 Å². The van der Waals surface area contributed by atoms with Gasteiger partial charge in [0.2, 0.25) is 5.91 Å². The van der Waals surface area contributed by atoms with E-state index in [4.69, 9.17) is 22.4 Å². The maximum Gasteiger partial charge on any atom is 0.312 e. The number of nitrogens with two attached hydrogens (primary N) is 1. The smallest absolute Gasteiger partial charge is 0.312 e. The lowest BCUT2D eigenvalue weighted by Crippen LogP contribution is -2.16. The SMILES string of the molecule is Cc1c(N)cc(Cl)cc1NC(=O)CC(=O)O. The summed E-state index contributed by atoms with van der Waals surface area (Å²) >= 11 is 5.76. The summed E-state index contributed by atoms with van der Waals surface area (Å²) in [5, 5.41) is 11.3.